The molecule has 0 bridgehead atoms. The highest BCUT2D eigenvalue weighted by Crippen LogP contribution is 2.47. The van der Waals surface area contributed by atoms with Crippen molar-refractivity contribution in [3.8, 4) is 16.8 Å². The minimum absolute atomic E-state index is 1.11. The number of fused-ring (bicyclic) bond motifs is 10. The van der Waals surface area contributed by atoms with Gasteiger partial charge in [-0.05, 0) is 97.2 Å². The van der Waals surface area contributed by atoms with Gasteiger partial charge in [0.25, 0.3) is 0 Å². The monoisotopic (exact) mass is 736 g/mol. The maximum absolute atomic E-state index is 2.48. The highest BCUT2D eigenvalue weighted by molar-refractivity contribution is 6.19. The second-order valence-corrected chi connectivity index (χ2v) is 15.3. The summed E-state index contributed by atoms with van der Waals surface area (Å²) in [6.45, 7) is 0. The van der Waals surface area contributed by atoms with Crippen LogP contribution in [0.25, 0.3) is 92.5 Å². The summed E-state index contributed by atoms with van der Waals surface area (Å²) in [7, 11) is 0. The van der Waals surface area contributed by atoms with E-state index < -0.39 is 0 Å². The molecule has 0 aliphatic heterocycles. The molecule has 0 aliphatic rings. The lowest BCUT2D eigenvalue weighted by atomic mass is 9.96. The Morgan fingerprint density at radius 1 is 0.293 bits per heavy atom. The van der Waals surface area contributed by atoms with Crippen LogP contribution in [0.5, 0.6) is 0 Å². The fourth-order valence-corrected chi connectivity index (χ4v) is 9.46. The van der Waals surface area contributed by atoms with E-state index >= 15 is 0 Å². The molecule has 0 N–H and O–H groups in total. The van der Waals surface area contributed by atoms with Gasteiger partial charge in [0.05, 0.1) is 28.1 Å². The summed E-state index contributed by atoms with van der Waals surface area (Å²) < 4.78 is 2.47. The van der Waals surface area contributed by atoms with Gasteiger partial charge in [-0.15, -0.1) is 0 Å². The Bertz CT molecular complexity index is 3580. The van der Waals surface area contributed by atoms with Crippen molar-refractivity contribution < 1.29 is 0 Å². The quantitative estimate of drug-likeness (QED) is 0.160. The minimum atomic E-state index is 1.11. The van der Waals surface area contributed by atoms with Gasteiger partial charge in [-0.1, -0.05) is 170 Å². The van der Waals surface area contributed by atoms with E-state index in [9.17, 15) is 0 Å². The Kier molecular flexibility index (Phi) is 7.26. The lowest BCUT2D eigenvalue weighted by Gasteiger charge is -2.30. The van der Waals surface area contributed by atoms with Gasteiger partial charge in [-0.25, -0.2) is 0 Å². The summed E-state index contributed by atoms with van der Waals surface area (Å²) in [4.78, 5) is 2.48. The lowest BCUT2D eigenvalue weighted by Crippen LogP contribution is -2.12. The van der Waals surface area contributed by atoms with Crippen LogP contribution in [0.4, 0.5) is 17.1 Å². The summed E-state index contributed by atoms with van der Waals surface area (Å²) in [6.07, 6.45) is 0. The molecule has 0 radical (unpaired) electrons. The van der Waals surface area contributed by atoms with Crippen LogP contribution in [-0.2, 0) is 0 Å². The Morgan fingerprint density at radius 3 is 1.72 bits per heavy atom. The van der Waals surface area contributed by atoms with Gasteiger partial charge in [0.2, 0.25) is 0 Å². The molecule has 11 aromatic carbocycles. The number of nitrogens with zero attached hydrogens (tertiary/aromatic N) is 2. The Labute approximate surface area is 336 Å². The first kappa shape index (κ1) is 32.6. The maximum atomic E-state index is 2.48. The summed E-state index contributed by atoms with van der Waals surface area (Å²) in [6, 6.07) is 80.2. The van der Waals surface area contributed by atoms with Crippen molar-refractivity contribution in [3.63, 3.8) is 0 Å². The largest absolute Gasteiger partial charge is 0.309 e. The predicted octanol–water partition coefficient (Wildman–Crippen LogP) is 15.7. The van der Waals surface area contributed by atoms with Gasteiger partial charge in [0.1, 0.15) is 0 Å². The van der Waals surface area contributed by atoms with Crippen LogP contribution in [0, 0.1) is 0 Å². The van der Waals surface area contributed by atoms with Crippen molar-refractivity contribution >= 4 is 92.7 Å². The Balaban J connectivity index is 1.15. The molecule has 12 aromatic rings. The van der Waals surface area contributed by atoms with E-state index in [0.29, 0.717) is 0 Å². The van der Waals surface area contributed by atoms with Gasteiger partial charge in [0.15, 0.2) is 0 Å². The van der Waals surface area contributed by atoms with Crippen molar-refractivity contribution in [2.75, 3.05) is 4.90 Å². The second-order valence-electron chi connectivity index (χ2n) is 15.3. The van der Waals surface area contributed by atoms with Gasteiger partial charge in [-0.3, -0.25) is 0 Å². The van der Waals surface area contributed by atoms with Crippen LogP contribution in [0.2, 0.25) is 0 Å². The molecule has 270 valence electrons. The Hall–Kier alpha value is -7.68. The van der Waals surface area contributed by atoms with Crippen LogP contribution < -0.4 is 4.90 Å². The van der Waals surface area contributed by atoms with E-state index in [-0.39, 0.29) is 0 Å². The smallest absolute Gasteiger partial charge is 0.0547 e. The average molecular weight is 737 g/mol. The van der Waals surface area contributed by atoms with E-state index in [0.717, 1.165) is 22.7 Å². The summed E-state index contributed by atoms with van der Waals surface area (Å²) in [5.41, 5.74) is 9.28. The van der Waals surface area contributed by atoms with Crippen molar-refractivity contribution in [1.82, 2.24) is 4.57 Å². The van der Waals surface area contributed by atoms with Crippen LogP contribution in [0.15, 0.2) is 218 Å². The van der Waals surface area contributed by atoms with Crippen molar-refractivity contribution in [2.24, 2.45) is 0 Å². The van der Waals surface area contributed by atoms with Crippen LogP contribution in [0.1, 0.15) is 0 Å². The highest BCUT2D eigenvalue weighted by Gasteiger charge is 2.22. The molecule has 1 aromatic heterocycles. The molecule has 0 atom stereocenters. The number of anilines is 3. The molecule has 0 saturated heterocycles. The van der Waals surface area contributed by atoms with Gasteiger partial charge in [-0.2, -0.15) is 0 Å². The normalized spacial score (nSPS) is 11.8. The molecule has 0 fully saturated rings. The summed E-state index contributed by atoms with van der Waals surface area (Å²) >= 11 is 0. The number of para-hydroxylation sites is 2. The molecule has 0 aliphatic carbocycles. The maximum Gasteiger partial charge on any atom is 0.0547 e. The molecule has 2 heteroatoms. The standard InChI is InChI=1S/C56H36N2/c1-2-14-37(15-3-1)44-20-10-12-24-52(44)57(42-29-26-39-28-30-45-43-19-7-6-16-38(43)27-31-46(45)50(39)36-42)54-32-33-55(48-22-9-8-21-47(48)54)58-53-25-13-11-23-49(53)51-34-40-17-4-5-18-41(40)35-56(51)58/h1-36H. The number of hydrogen-bond acceptors (Lipinski definition) is 1. The molecule has 58 heavy (non-hydrogen) atoms. The van der Waals surface area contributed by atoms with Crippen LogP contribution >= 0.6 is 0 Å². The van der Waals surface area contributed by atoms with E-state index in [1.807, 2.05) is 0 Å². The number of hydrogen-bond donors (Lipinski definition) is 0. The topological polar surface area (TPSA) is 8.17 Å². The molecule has 1 heterocycles. The van der Waals surface area contributed by atoms with E-state index in [1.54, 1.807) is 0 Å². The van der Waals surface area contributed by atoms with Crippen LogP contribution in [-0.4, -0.2) is 4.57 Å². The molecule has 12 rings (SSSR count). The molecule has 0 spiro atoms. The van der Waals surface area contributed by atoms with Gasteiger partial charge >= 0.3 is 0 Å². The Morgan fingerprint density at radius 2 is 0.897 bits per heavy atom. The van der Waals surface area contributed by atoms with Crippen molar-refractivity contribution in [3.05, 3.63) is 218 Å². The zero-order valence-electron chi connectivity index (χ0n) is 31.7. The zero-order chi connectivity index (χ0) is 38.2. The summed E-state index contributed by atoms with van der Waals surface area (Å²) in [5.74, 6) is 0. The molecular weight excluding hydrogens is 701 g/mol. The van der Waals surface area contributed by atoms with Gasteiger partial charge in [0, 0.05) is 32.8 Å². The molecular formula is C56H36N2. The SMILES string of the molecule is c1ccc(-c2ccccc2N(c2ccc3ccc4c5ccccc5ccc4c3c2)c2ccc(-n3c4ccccc4c4cc5ccccc5cc43)c3ccccc23)cc1. The van der Waals surface area contributed by atoms with Crippen molar-refractivity contribution in [1.29, 1.82) is 0 Å². The first-order valence-electron chi connectivity index (χ1n) is 20.0. The number of benzene rings is 11. The fraction of sp³-hybridized carbons (Fsp3) is 0. The fourth-order valence-electron chi connectivity index (χ4n) is 9.46. The van der Waals surface area contributed by atoms with E-state index in [1.165, 1.54) is 86.8 Å². The number of aromatic nitrogens is 1. The first-order chi connectivity index (χ1) is 28.8. The molecule has 0 amide bonds. The predicted molar refractivity (Wildman–Crippen MR) is 248 cm³/mol. The molecule has 0 unspecified atom stereocenters. The van der Waals surface area contributed by atoms with Crippen molar-refractivity contribution in [2.45, 2.75) is 0 Å². The first-order valence-corrected chi connectivity index (χ1v) is 20.0. The lowest BCUT2D eigenvalue weighted by molar-refractivity contribution is 1.20. The molecule has 2 nitrogen and oxygen atoms in total. The minimum Gasteiger partial charge on any atom is -0.309 e. The van der Waals surface area contributed by atoms with Crippen LogP contribution in [0.3, 0.4) is 0 Å². The third-order valence-electron chi connectivity index (χ3n) is 12.1. The average Bonchev–Trinajstić information content (AvgIpc) is 3.61. The highest BCUT2D eigenvalue weighted by atomic mass is 15.1. The third-order valence-corrected chi connectivity index (χ3v) is 12.1. The zero-order valence-corrected chi connectivity index (χ0v) is 31.7. The van der Waals surface area contributed by atoms with E-state index in [2.05, 4.69) is 228 Å². The number of rotatable bonds is 5. The second kappa shape index (κ2) is 12.9. The molecule has 0 saturated carbocycles. The van der Waals surface area contributed by atoms with Gasteiger partial charge < -0.3 is 9.47 Å². The third kappa shape index (κ3) is 4.99. The van der Waals surface area contributed by atoms with E-state index in [4.69, 9.17) is 0 Å². The summed E-state index contributed by atoms with van der Waals surface area (Å²) in [5, 5.41) is 14.9.